The van der Waals surface area contributed by atoms with Gasteiger partial charge < -0.3 is 17.2 Å². The number of hydrazine groups is 4. The second-order valence-corrected chi connectivity index (χ2v) is 5.21. The van der Waals surface area contributed by atoms with Crippen LogP contribution in [0.4, 0.5) is 21.0 Å². The quantitative estimate of drug-likeness (QED) is 0.363. The van der Waals surface area contributed by atoms with Gasteiger partial charge in [-0.05, 0) is 24.3 Å². The van der Waals surface area contributed by atoms with E-state index < -0.39 is 23.9 Å². The van der Waals surface area contributed by atoms with Crippen LogP contribution in [0.3, 0.4) is 0 Å². The molecule has 12 nitrogen and oxygen atoms in total. The molecule has 2 aromatic rings. The van der Waals surface area contributed by atoms with E-state index in [0.29, 0.717) is 21.6 Å². The van der Waals surface area contributed by atoms with Crippen LogP contribution in [0.2, 0.25) is 0 Å². The number of primary amides is 3. The van der Waals surface area contributed by atoms with Crippen LogP contribution in [0.5, 0.6) is 0 Å². The van der Waals surface area contributed by atoms with Crippen LogP contribution in [0, 0.1) is 0 Å². The van der Waals surface area contributed by atoms with Crippen molar-refractivity contribution in [1.82, 2.24) is 15.4 Å². The average molecular weight is 386 g/mol. The molecule has 0 saturated heterocycles. The standard InChI is InChI=1S/C16H18N8O4/c17-13(25)14(26)24(22(15(18)27)20-11-7-3-1-4-8-11)23(16(19)28)21-12-9-5-2-6-10-12/h1-10,20-21H,(H2,17,25)(H2,18,27)(H2,19,28). The van der Waals surface area contributed by atoms with E-state index in [0.717, 1.165) is 0 Å². The number of carbonyl (C=O) groups is 4. The third-order valence-corrected chi connectivity index (χ3v) is 3.21. The molecule has 28 heavy (non-hydrogen) atoms. The second kappa shape index (κ2) is 8.75. The molecule has 0 spiro atoms. The minimum atomic E-state index is -1.47. The molecule has 8 N–H and O–H groups in total. The van der Waals surface area contributed by atoms with E-state index in [1.807, 2.05) is 0 Å². The highest BCUT2D eigenvalue weighted by molar-refractivity contribution is 6.34. The number of nitrogens with zero attached hydrogens (tertiary/aromatic N) is 3. The van der Waals surface area contributed by atoms with Gasteiger partial charge in [-0.15, -0.1) is 10.2 Å². The van der Waals surface area contributed by atoms with Crippen molar-refractivity contribution in [2.45, 2.75) is 0 Å². The van der Waals surface area contributed by atoms with Gasteiger partial charge in [0, 0.05) is 0 Å². The number of urea groups is 2. The molecular weight excluding hydrogens is 368 g/mol. The van der Waals surface area contributed by atoms with E-state index in [4.69, 9.17) is 17.2 Å². The van der Waals surface area contributed by atoms with E-state index in [-0.39, 0.29) is 5.12 Å². The first-order valence-corrected chi connectivity index (χ1v) is 7.77. The minimum Gasteiger partial charge on any atom is -0.361 e. The number of nitrogens with two attached hydrogens (primary N) is 3. The summed E-state index contributed by atoms with van der Waals surface area (Å²) in [6.45, 7) is 0. The summed E-state index contributed by atoms with van der Waals surface area (Å²) in [6, 6.07) is 13.7. The molecule has 6 amide bonds. The topological polar surface area (TPSA) is 180 Å². The zero-order chi connectivity index (χ0) is 20.7. The number of anilines is 2. The highest BCUT2D eigenvalue weighted by atomic mass is 16.3. The van der Waals surface area contributed by atoms with E-state index in [1.165, 1.54) is 0 Å². The van der Waals surface area contributed by atoms with Gasteiger partial charge in [-0.3, -0.25) is 20.4 Å². The largest absolute Gasteiger partial charge is 0.361 e. The number of nitrogens with one attached hydrogen (secondary N) is 2. The predicted octanol–water partition coefficient (Wildman–Crippen LogP) is -0.0541. The SMILES string of the molecule is NC(=O)C(=O)N(N(Nc1ccccc1)C(N)=O)N(Nc1ccccc1)C(N)=O. The van der Waals surface area contributed by atoms with Crippen molar-refractivity contribution in [1.29, 1.82) is 0 Å². The van der Waals surface area contributed by atoms with Crippen LogP contribution in [0.25, 0.3) is 0 Å². The Balaban J connectivity index is 2.46. The number of hydrogen-bond donors (Lipinski definition) is 5. The highest BCUT2D eigenvalue weighted by Gasteiger charge is 2.36. The van der Waals surface area contributed by atoms with Crippen molar-refractivity contribution >= 4 is 35.3 Å². The fourth-order valence-electron chi connectivity index (χ4n) is 2.03. The molecule has 2 aromatic carbocycles. The Hall–Kier alpha value is -4.48. The zero-order valence-electron chi connectivity index (χ0n) is 14.5. The average Bonchev–Trinajstić information content (AvgIpc) is 2.67. The van der Waals surface area contributed by atoms with Gasteiger partial charge in [-0.2, -0.15) is 0 Å². The Morgan fingerprint density at radius 3 is 1.29 bits per heavy atom. The third-order valence-electron chi connectivity index (χ3n) is 3.21. The summed E-state index contributed by atoms with van der Waals surface area (Å²) in [5.74, 6) is -2.94. The lowest BCUT2D eigenvalue weighted by Crippen LogP contribution is -2.67. The zero-order valence-corrected chi connectivity index (χ0v) is 14.5. The number of para-hydroxylation sites is 2. The van der Waals surface area contributed by atoms with Gasteiger partial charge in [0.05, 0.1) is 11.4 Å². The summed E-state index contributed by atoms with van der Waals surface area (Å²) in [6.07, 6.45) is 0. The molecule has 0 heterocycles. The minimum absolute atomic E-state index is 0.257. The molecule has 0 bridgehead atoms. The summed E-state index contributed by atoms with van der Waals surface area (Å²) in [4.78, 5) is 47.9. The number of benzene rings is 2. The fraction of sp³-hybridized carbons (Fsp3) is 0. The van der Waals surface area contributed by atoms with Crippen molar-refractivity contribution in [3.05, 3.63) is 60.7 Å². The fourth-order valence-corrected chi connectivity index (χ4v) is 2.03. The molecule has 146 valence electrons. The first-order chi connectivity index (χ1) is 13.3. The molecule has 0 aromatic heterocycles. The Morgan fingerprint density at radius 2 is 1.00 bits per heavy atom. The van der Waals surface area contributed by atoms with Crippen molar-refractivity contribution in [2.75, 3.05) is 10.9 Å². The molecule has 0 aliphatic carbocycles. The van der Waals surface area contributed by atoms with Gasteiger partial charge in [0.25, 0.3) is 0 Å². The van der Waals surface area contributed by atoms with Gasteiger partial charge in [-0.1, -0.05) is 41.5 Å². The smallest absolute Gasteiger partial charge is 0.355 e. The Morgan fingerprint density at radius 1 is 0.643 bits per heavy atom. The van der Waals surface area contributed by atoms with E-state index in [2.05, 4.69) is 10.9 Å². The first-order valence-electron chi connectivity index (χ1n) is 7.77. The lowest BCUT2D eigenvalue weighted by Gasteiger charge is -2.38. The summed E-state index contributed by atoms with van der Waals surface area (Å²) in [5, 5.41) is 1.07. The molecule has 0 saturated carbocycles. The van der Waals surface area contributed by atoms with Crippen molar-refractivity contribution in [3.8, 4) is 0 Å². The number of carbonyl (C=O) groups excluding carboxylic acids is 4. The molecule has 0 unspecified atom stereocenters. The summed E-state index contributed by atoms with van der Waals surface area (Å²) in [7, 11) is 0. The molecule has 0 atom stereocenters. The number of hydrogen-bond acceptors (Lipinski definition) is 6. The molecule has 0 aliphatic rings. The molecule has 0 radical (unpaired) electrons. The van der Waals surface area contributed by atoms with Crippen molar-refractivity contribution in [3.63, 3.8) is 0 Å². The first kappa shape index (κ1) is 19.8. The molecular formula is C16H18N8O4. The maximum absolute atomic E-state index is 12.4. The third kappa shape index (κ3) is 4.78. The van der Waals surface area contributed by atoms with Crippen molar-refractivity contribution in [2.24, 2.45) is 17.2 Å². The van der Waals surface area contributed by atoms with Crippen LogP contribution in [0.1, 0.15) is 0 Å². The lowest BCUT2D eigenvalue weighted by molar-refractivity contribution is -0.171. The van der Waals surface area contributed by atoms with Crippen LogP contribution in [-0.2, 0) is 9.59 Å². The van der Waals surface area contributed by atoms with Crippen LogP contribution in [0.15, 0.2) is 60.7 Å². The maximum Gasteiger partial charge on any atom is 0.355 e. The van der Waals surface area contributed by atoms with E-state index >= 15 is 0 Å². The van der Waals surface area contributed by atoms with Gasteiger partial charge in [0.1, 0.15) is 0 Å². The Labute approximate surface area is 159 Å². The normalized spacial score (nSPS) is 9.71. The van der Waals surface area contributed by atoms with Crippen LogP contribution in [-0.4, -0.2) is 39.2 Å². The second-order valence-electron chi connectivity index (χ2n) is 5.21. The van der Waals surface area contributed by atoms with Gasteiger partial charge in [-0.25, -0.2) is 9.59 Å². The van der Waals surface area contributed by atoms with Crippen LogP contribution < -0.4 is 28.1 Å². The molecule has 12 heteroatoms. The lowest BCUT2D eigenvalue weighted by atomic mass is 10.3. The van der Waals surface area contributed by atoms with Gasteiger partial charge >= 0.3 is 23.9 Å². The van der Waals surface area contributed by atoms with E-state index in [9.17, 15) is 19.2 Å². The van der Waals surface area contributed by atoms with Crippen LogP contribution >= 0.6 is 0 Å². The summed E-state index contributed by atoms with van der Waals surface area (Å²) < 4.78 is 0. The Kier molecular flexibility index (Phi) is 6.20. The van der Waals surface area contributed by atoms with Gasteiger partial charge in [0.2, 0.25) is 0 Å². The highest BCUT2D eigenvalue weighted by Crippen LogP contribution is 2.14. The molecule has 2 rings (SSSR count). The number of amides is 6. The van der Waals surface area contributed by atoms with Crippen molar-refractivity contribution < 1.29 is 19.2 Å². The predicted molar refractivity (Wildman–Crippen MR) is 99.0 cm³/mol. The summed E-state index contributed by atoms with van der Waals surface area (Å²) >= 11 is 0. The molecule has 0 fully saturated rings. The molecule has 0 aliphatic heterocycles. The number of rotatable bonds is 4. The summed E-state index contributed by atoms with van der Waals surface area (Å²) in [5.41, 5.74) is 21.3. The Bertz CT molecular complexity index is 802. The van der Waals surface area contributed by atoms with E-state index in [1.54, 1.807) is 60.7 Å². The maximum atomic E-state index is 12.4. The van der Waals surface area contributed by atoms with Gasteiger partial charge in [0.15, 0.2) is 0 Å². The monoisotopic (exact) mass is 386 g/mol.